The normalized spacial score (nSPS) is 14.9. The van der Waals surface area contributed by atoms with E-state index in [1.807, 2.05) is 0 Å². The van der Waals surface area contributed by atoms with Crippen LogP contribution in [0.1, 0.15) is 17.3 Å². The van der Waals surface area contributed by atoms with E-state index < -0.39 is 10.0 Å². The van der Waals surface area contributed by atoms with E-state index in [1.165, 1.54) is 4.31 Å². The third kappa shape index (κ3) is 3.73. The molecule has 1 saturated heterocycles. The first-order chi connectivity index (χ1) is 12.5. The number of benzene rings is 2. The van der Waals surface area contributed by atoms with Crippen molar-refractivity contribution in [3.05, 3.63) is 60.2 Å². The SMILES string of the molecule is CCN(c1ccc(C(=O)N2CCOCC2)cc1)S(=O)(=O)c1ccccc1. The molecule has 0 N–H and O–H groups in total. The smallest absolute Gasteiger partial charge is 0.264 e. The molecule has 6 nitrogen and oxygen atoms in total. The van der Waals surface area contributed by atoms with Crippen LogP contribution in [-0.4, -0.2) is 52.1 Å². The summed E-state index contributed by atoms with van der Waals surface area (Å²) in [5.41, 5.74) is 1.08. The second-order valence-corrected chi connectivity index (χ2v) is 7.80. The molecule has 0 aromatic heterocycles. The molecule has 138 valence electrons. The van der Waals surface area contributed by atoms with Gasteiger partial charge >= 0.3 is 0 Å². The number of carbonyl (C=O) groups excluding carboxylic acids is 1. The molecule has 0 bridgehead atoms. The molecule has 1 fully saturated rings. The van der Waals surface area contributed by atoms with Crippen LogP contribution in [0.3, 0.4) is 0 Å². The molecule has 26 heavy (non-hydrogen) atoms. The molecule has 7 heteroatoms. The molecule has 1 aliphatic rings. The maximum absolute atomic E-state index is 12.9. The van der Waals surface area contributed by atoms with Crippen molar-refractivity contribution in [2.45, 2.75) is 11.8 Å². The summed E-state index contributed by atoms with van der Waals surface area (Å²) in [6.07, 6.45) is 0. The van der Waals surface area contributed by atoms with Gasteiger partial charge in [0.05, 0.1) is 23.8 Å². The highest BCUT2D eigenvalue weighted by Gasteiger charge is 2.24. The first kappa shape index (κ1) is 18.4. The molecule has 2 aromatic rings. The number of ether oxygens (including phenoxy) is 1. The number of rotatable bonds is 5. The highest BCUT2D eigenvalue weighted by Crippen LogP contribution is 2.24. The Bertz CT molecular complexity index is 845. The van der Waals surface area contributed by atoms with Gasteiger partial charge in [0, 0.05) is 25.2 Å². The van der Waals surface area contributed by atoms with Gasteiger partial charge in [-0.3, -0.25) is 9.10 Å². The number of hydrogen-bond donors (Lipinski definition) is 0. The minimum absolute atomic E-state index is 0.0613. The number of amides is 1. The number of carbonyl (C=O) groups is 1. The summed E-state index contributed by atoms with van der Waals surface area (Å²) in [6, 6.07) is 15.0. The average molecular weight is 374 g/mol. The molecule has 3 rings (SSSR count). The number of nitrogens with zero attached hydrogens (tertiary/aromatic N) is 2. The summed E-state index contributed by atoms with van der Waals surface area (Å²) in [6.45, 7) is 4.32. The van der Waals surface area contributed by atoms with Crippen LogP contribution in [0.15, 0.2) is 59.5 Å². The van der Waals surface area contributed by atoms with Crippen LogP contribution >= 0.6 is 0 Å². The highest BCUT2D eigenvalue weighted by molar-refractivity contribution is 7.92. The lowest BCUT2D eigenvalue weighted by Crippen LogP contribution is -2.40. The van der Waals surface area contributed by atoms with Gasteiger partial charge in [0.1, 0.15) is 0 Å². The summed E-state index contributed by atoms with van der Waals surface area (Å²) in [5, 5.41) is 0. The summed E-state index contributed by atoms with van der Waals surface area (Å²) in [4.78, 5) is 14.5. The molecule has 0 aliphatic carbocycles. The van der Waals surface area contributed by atoms with Gasteiger partial charge in [-0.1, -0.05) is 18.2 Å². The van der Waals surface area contributed by atoms with E-state index in [9.17, 15) is 13.2 Å². The van der Waals surface area contributed by atoms with Gasteiger partial charge in [0.25, 0.3) is 15.9 Å². The summed E-state index contributed by atoms with van der Waals surface area (Å²) < 4.78 is 32.3. The van der Waals surface area contributed by atoms with Gasteiger partial charge in [-0.2, -0.15) is 0 Å². The second-order valence-electron chi connectivity index (χ2n) is 5.93. The largest absolute Gasteiger partial charge is 0.378 e. The number of sulfonamides is 1. The van der Waals surface area contributed by atoms with Crippen LogP contribution in [0.5, 0.6) is 0 Å². The molecular weight excluding hydrogens is 352 g/mol. The van der Waals surface area contributed by atoms with Gasteiger partial charge in [-0.05, 0) is 43.3 Å². The van der Waals surface area contributed by atoms with E-state index in [-0.39, 0.29) is 10.8 Å². The number of morpholine rings is 1. The summed E-state index contributed by atoms with van der Waals surface area (Å²) in [7, 11) is -3.64. The molecule has 1 heterocycles. The van der Waals surface area contributed by atoms with Crippen LogP contribution in [0, 0.1) is 0 Å². The maximum Gasteiger partial charge on any atom is 0.264 e. The Balaban J connectivity index is 1.83. The number of anilines is 1. The van der Waals surface area contributed by atoms with Crippen LogP contribution in [0.2, 0.25) is 0 Å². The standard InChI is InChI=1S/C19H22N2O4S/c1-2-21(26(23,24)18-6-4-3-5-7-18)17-10-8-16(9-11-17)19(22)20-12-14-25-15-13-20/h3-11H,2,12-15H2,1H3. The third-order valence-electron chi connectivity index (χ3n) is 4.32. The fourth-order valence-electron chi connectivity index (χ4n) is 2.93. The van der Waals surface area contributed by atoms with Crippen LogP contribution in [0.25, 0.3) is 0 Å². The van der Waals surface area contributed by atoms with Gasteiger partial charge in [0.2, 0.25) is 0 Å². The van der Waals surface area contributed by atoms with Crippen molar-refractivity contribution in [1.29, 1.82) is 0 Å². The minimum atomic E-state index is -3.64. The molecule has 1 aliphatic heterocycles. The Labute approximate surface area is 154 Å². The van der Waals surface area contributed by atoms with Crippen molar-refractivity contribution in [2.24, 2.45) is 0 Å². The Morgan fingerprint density at radius 1 is 1.04 bits per heavy atom. The zero-order chi connectivity index (χ0) is 18.6. The summed E-state index contributed by atoms with van der Waals surface area (Å²) in [5.74, 6) is -0.0613. The molecule has 2 aromatic carbocycles. The van der Waals surface area contributed by atoms with E-state index >= 15 is 0 Å². The lowest BCUT2D eigenvalue weighted by atomic mass is 10.1. The van der Waals surface area contributed by atoms with Crippen molar-refractivity contribution in [1.82, 2.24) is 4.90 Å². The van der Waals surface area contributed by atoms with Gasteiger partial charge in [0.15, 0.2) is 0 Å². The Hall–Kier alpha value is -2.38. The second kappa shape index (κ2) is 7.88. The third-order valence-corrected chi connectivity index (χ3v) is 6.24. The minimum Gasteiger partial charge on any atom is -0.378 e. The quantitative estimate of drug-likeness (QED) is 0.806. The molecular formula is C19H22N2O4S. The summed E-state index contributed by atoms with van der Waals surface area (Å²) >= 11 is 0. The van der Waals surface area contributed by atoms with E-state index in [0.717, 1.165) is 0 Å². The molecule has 1 amide bonds. The van der Waals surface area contributed by atoms with E-state index in [1.54, 1.807) is 66.4 Å². The van der Waals surface area contributed by atoms with Crippen molar-refractivity contribution in [2.75, 3.05) is 37.2 Å². The van der Waals surface area contributed by atoms with Crippen molar-refractivity contribution in [3.8, 4) is 0 Å². The van der Waals surface area contributed by atoms with Crippen LogP contribution in [-0.2, 0) is 14.8 Å². The average Bonchev–Trinajstić information content (AvgIpc) is 2.70. The van der Waals surface area contributed by atoms with Gasteiger partial charge in [-0.25, -0.2) is 8.42 Å². The van der Waals surface area contributed by atoms with Gasteiger partial charge in [-0.15, -0.1) is 0 Å². The first-order valence-electron chi connectivity index (χ1n) is 8.59. The van der Waals surface area contributed by atoms with Crippen LogP contribution in [0.4, 0.5) is 5.69 Å². The fraction of sp³-hybridized carbons (Fsp3) is 0.316. The molecule has 0 radical (unpaired) electrons. The fourth-order valence-corrected chi connectivity index (χ4v) is 4.43. The van der Waals surface area contributed by atoms with Gasteiger partial charge < -0.3 is 9.64 Å². The van der Waals surface area contributed by atoms with Crippen LogP contribution < -0.4 is 4.31 Å². The predicted molar refractivity (Wildman–Crippen MR) is 99.8 cm³/mol. The first-order valence-corrected chi connectivity index (χ1v) is 10.0. The Kier molecular flexibility index (Phi) is 5.58. The zero-order valence-electron chi connectivity index (χ0n) is 14.7. The maximum atomic E-state index is 12.9. The molecule has 0 saturated carbocycles. The Morgan fingerprint density at radius 3 is 2.23 bits per heavy atom. The molecule has 0 atom stereocenters. The predicted octanol–water partition coefficient (Wildman–Crippen LogP) is 2.37. The molecule has 0 unspecified atom stereocenters. The van der Waals surface area contributed by atoms with Crippen molar-refractivity contribution in [3.63, 3.8) is 0 Å². The van der Waals surface area contributed by atoms with E-state index in [2.05, 4.69) is 0 Å². The van der Waals surface area contributed by atoms with Crippen molar-refractivity contribution < 1.29 is 17.9 Å². The Morgan fingerprint density at radius 2 is 1.65 bits per heavy atom. The monoisotopic (exact) mass is 374 g/mol. The topological polar surface area (TPSA) is 66.9 Å². The van der Waals surface area contributed by atoms with E-state index in [0.29, 0.717) is 44.1 Å². The lowest BCUT2D eigenvalue weighted by Gasteiger charge is -2.27. The number of hydrogen-bond acceptors (Lipinski definition) is 4. The zero-order valence-corrected chi connectivity index (χ0v) is 15.5. The molecule has 0 spiro atoms. The lowest BCUT2D eigenvalue weighted by molar-refractivity contribution is 0.0303. The highest BCUT2D eigenvalue weighted by atomic mass is 32.2. The van der Waals surface area contributed by atoms with E-state index in [4.69, 9.17) is 4.74 Å². The van der Waals surface area contributed by atoms with Crippen molar-refractivity contribution >= 4 is 21.6 Å².